The minimum atomic E-state index is -0.373. The van der Waals surface area contributed by atoms with Gasteiger partial charge in [0.2, 0.25) is 5.88 Å². The lowest BCUT2D eigenvalue weighted by molar-refractivity contribution is 0.268. The van der Waals surface area contributed by atoms with Gasteiger partial charge in [-0.2, -0.15) is 9.61 Å². The summed E-state index contributed by atoms with van der Waals surface area (Å²) in [5, 5.41) is 17.2. The predicted octanol–water partition coefficient (Wildman–Crippen LogP) is 2.91. The third kappa shape index (κ3) is 2.88. The molecule has 0 aliphatic heterocycles. The van der Waals surface area contributed by atoms with E-state index in [9.17, 15) is 4.39 Å². The first-order chi connectivity index (χ1) is 13.7. The van der Waals surface area contributed by atoms with Gasteiger partial charge < -0.3 is 4.74 Å². The molecule has 5 rings (SSSR count). The second-order valence-corrected chi connectivity index (χ2v) is 6.93. The maximum absolute atomic E-state index is 14.3. The zero-order valence-corrected chi connectivity index (χ0v) is 15.3. The van der Waals surface area contributed by atoms with Crippen LogP contribution in [0.3, 0.4) is 0 Å². The number of aromatic nitrogens is 7. The topological polar surface area (TPSA) is 83.0 Å². The number of halogens is 1. The van der Waals surface area contributed by atoms with Crippen LogP contribution in [0.5, 0.6) is 5.88 Å². The number of benzene rings is 1. The maximum Gasteiger partial charge on any atom is 0.235 e. The molecule has 3 aromatic heterocycles. The van der Waals surface area contributed by atoms with Crippen molar-refractivity contribution in [2.75, 3.05) is 0 Å². The van der Waals surface area contributed by atoms with Crippen molar-refractivity contribution in [3.05, 3.63) is 53.9 Å². The zero-order valence-electron chi connectivity index (χ0n) is 15.3. The molecule has 0 unspecified atom stereocenters. The summed E-state index contributed by atoms with van der Waals surface area (Å²) in [6, 6.07) is 8.38. The van der Waals surface area contributed by atoms with Gasteiger partial charge in [-0.1, -0.05) is 18.6 Å². The van der Waals surface area contributed by atoms with Crippen molar-refractivity contribution in [2.24, 2.45) is 7.05 Å². The summed E-state index contributed by atoms with van der Waals surface area (Å²) in [5.41, 5.74) is 1.92. The second kappa shape index (κ2) is 6.66. The smallest absolute Gasteiger partial charge is 0.235 e. The number of hydrogen-bond acceptors (Lipinski definition) is 6. The van der Waals surface area contributed by atoms with Gasteiger partial charge in [0.15, 0.2) is 23.9 Å². The molecule has 0 saturated heterocycles. The molecule has 8 nitrogen and oxygen atoms in total. The second-order valence-electron chi connectivity index (χ2n) is 6.93. The molecule has 1 fully saturated rings. The highest BCUT2D eigenvalue weighted by Crippen LogP contribution is 2.40. The molecule has 1 saturated carbocycles. The van der Waals surface area contributed by atoms with Crippen molar-refractivity contribution < 1.29 is 9.13 Å². The molecule has 1 aromatic carbocycles. The summed E-state index contributed by atoms with van der Waals surface area (Å²) in [6.07, 6.45) is 4.98. The van der Waals surface area contributed by atoms with Crippen LogP contribution in [-0.4, -0.2) is 34.6 Å². The summed E-state index contributed by atoms with van der Waals surface area (Å²) >= 11 is 0. The molecule has 0 atom stereocenters. The summed E-state index contributed by atoms with van der Waals surface area (Å²) in [6.45, 7) is 0.205. The molecule has 1 aliphatic rings. The Labute approximate surface area is 160 Å². The van der Waals surface area contributed by atoms with Gasteiger partial charge >= 0.3 is 0 Å². The van der Waals surface area contributed by atoms with Crippen LogP contribution in [0, 0.1) is 5.82 Å². The fraction of sp³-hybridized carbons (Fsp3) is 0.316. The maximum atomic E-state index is 14.3. The van der Waals surface area contributed by atoms with Gasteiger partial charge in [-0.05, 0) is 37.0 Å². The Morgan fingerprint density at radius 2 is 2.04 bits per heavy atom. The Morgan fingerprint density at radius 3 is 2.75 bits per heavy atom. The number of rotatable bonds is 5. The van der Waals surface area contributed by atoms with Crippen molar-refractivity contribution in [1.29, 1.82) is 0 Å². The minimum absolute atomic E-state index is 0.205. The molecular formula is C19H18FN7O. The summed E-state index contributed by atoms with van der Waals surface area (Å²) < 4.78 is 23.4. The lowest BCUT2D eigenvalue weighted by Crippen LogP contribution is -2.14. The van der Waals surface area contributed by atoms with Gasteiger partial charge in [-0.15, -0.1) is 15.3 Å². The highest BCUT2D eigenvalue weighted by Gasteiger charge is 2.26. The van der Waals surface area contributed by atoms with Gasteiger partial charge in [-0.25, -0.2) is 9.37 Å². The summed E-state index contributed by atoms with van der Waals surface area (Å²) in [4.78, 5) is 4.19. The van der Waals surface area contributed by atoms with E-state index in [0.29, 0.717) is 34.7 Å². The van der Waals surface area contributed by atoms with Crippen LogP contribution in [0.15, 0.2) is 36.7 Å². The van der Waals surface area contributed by atoms with E-state index in [1.807, 2.05) is 6.07 Å². The average molecular weight is 379 g/mol. The Bertz CT molecular complexity index is 1150. The quantitative estimate of drug-likeness (QED) is 0.530. The van der Waals surface area contributed by atoms with E-state index < -0.39 is 0 Å². The van der Waals surface area contributed by atoms with Crippen LogP contribution >= 0.6 is 0 Å². The van der Waals surface area contributed by atoms with Crippen molar-refractivity contribution in [3.63, 3.8) is 0 Å². The number of ether oxygens (including phenoxy) is 1. The number of aryl methyl sites for hydroxylation is 1. The Balaban J connectivity index is 1.57. The first-order valence-electron chi connectivity index (χ1n) is 9.17. The SMILES string of the molecule is Cn1cnc(COc2nn3c(-c4ccccc4F)nnc3cc2C2CCC2)n1. The van der Waals surface area contributed by atoms with Crippen molar-refractivity contribution in [1.82, 2.24) is 34.6 Å². The highest BCUT2D eigenvalue weighted by atomic mass is 19.1. The monoisotopic (exact) mass is 379 g/mol. The lowest BCUT2D eigenvalue weighted by atomic mass is 9.80. The van der Waals surface area contributed by atoms with Gasteiger partial charge in [0.25, 0.3) is 0 Å². The van der Waals surface area contributed by atoms with E-state index in [-0.39, 0.29) is 12.4 Å². The van der Waals surface area contributed by atoms with Crippen LogP contribution in [0.1, 0.15) is 36.6 Å². The third-order valence-electron chi connectivity index (χ3n) is 5.03. The lowest BCUT2D eigenvalue weighted by Gasteiger charge is -2.26. The Kier molecular flexibility index (Phi) is 4.00. The third-order valence-corrected chi connectivity index (χ3v) is 5.03. The van der Waals surface area contributed by atoms with Crippen LogP contribution in [0.2, 0.25) is 0 Å². The van der Waals surface area contributed by atoms with E-state index in [0.717, 1.165) is 18.4 Å². The van der Waals surface area contributed by atoms with Crippen molar-refractivity contribution in [3.8, 4) is 17.3 Å². The number of nitrogens with zero attached hydrogens (tertiary/aromatic N) is 7. The Hall–Kier alpha value is -3.36. The highest BCUT2D eigenvalue weighted by molar-refractivity contribution is 5.60. The predicted molar refractivity (Wildman–Crippen MR) is 98.1 cm³/mol. The first kappa shape index (κ1) is 16.8. The molecular weight excluding hydrogens is 361 g/mol. The van der Waals surface area contributed by atoms with Crippen molar-refractivity contribution >= 4 is 5.65 Å². The molecule has 0 spiro atoms. The number of fused-ring (bicyclic) bond motifs is 1. The zero-order chi connectivity index (χ0) is 19.1. The van der Waals surface area contributed by atoms with Crippen molar-refractivity contribution in [2.45, 2.75) is 31.8 Å². The van der Waals surface area contributed by atoms with E-state index in [2.05, 4.69) is 25.4 Å². The molecule has 142 valence electrons. The molecule has 9 heteroatoms. The summed E-state index contributed by atoms with van der Waals surface area (Å²) in [5.74, 6) is 1.41. The van der Waals surface area contributed by atoms with Crippen LogP contribution in [0.4, 0.5) is 4.39 Å². The average Bonchev–Trinajstić information content (AvgIpc) is 3.24. The fourth-order valence-electron chi connectivity index (χ4n) is 3.35. The van der Waals surface area contributed by atoms with E-state index >= 15 is 0 Å². The number of hydrogen-bond donors (Lipinski definition) is 0. The standard InChI is InChI=1S/C19H18FN7O/c1-26-11-21-16(24-26)10-28-19-14(12-5-4-6-12)9-17-22-23-18(27(17)25-19)13-7-2-3-8-15(13)20/h2-3,7-9,11-12H,4-6,10H2,1H3. The molecule has 0 bridgehead atoms. The fourth-order valence-corrected chi connectivity index (χ4v) is 3.35. The Morgan fingerprint density at radius 1 is 1.18 bits per heavy atom. The minimum Gasteiger partial charge on any atom is -0.468 e. The summed E-state index contributed by atoms with van der Waals surface area (Å²) in [7, 11) is 1.80. The molecule has 0 amide bonds. The molecule has 0 radical (unpaired) electrons. The van der Waals surface area contributed by atoms with Gasteiger partial charge in [0, 0.05) is 12.6 Å². The molecule has 0 N–H and O–H groups in total. The molecule has 4 aromatic rings. The van der Waals surface area contributed by atoms with Crippen LogP contribution in [0.25, 0.3) is 17.0 Å². The normalized spacial score (nSPS) is 14.4. The first-order valence-corrected chi connectivity index (χ1v) is 9.17. The van der Waals surface area contributed by atoms with Crippen LogP contribution in [-0.2, 0) is 13.7 Å². The van der Waals surface area contributed by atoms with E-state index in [1.165, 1.54) is 17.0 Å². The van der Waals surface area contributed by atoms with Crippen LogP contribution < -0.4 is 4.74 Å². The van der Waals surface area contributed by atoms with Gasteiger partial charge in [0.1, 0.15) is 12.1 Å². The molecule has 3 heterocycles. The molecule has 1 aliphatic carbocycles. The largest absolute Gasteiger partial charge is 0.468 e. The van der Waals surface area contributed by atoms with Gasteiger partial charge in [-0.3, -0.25) is 4.68 Å². The van der Waals surface area contributed by atoms with E-state index in [1.54, 1.807) is 36.3 Å². The van der Waals surface area contributed by atoms with Gasteiger partial charge in [0.05, 0.1) is 5.56 Å². The molecule has 28 heavy (non-hydrogen) atoms. The van der Waals surface area contributed by atoms with E-state index in [4.69, 9.17) is 4.74 Å².